The lowest BCUT2D eigenvalue weighted by Gasteiger charge is -2.33. The number of amides is 1. The number of rotatable bonds is 4. The van der Waals surface area contributed by atoms with Gasteiger partial charge in [0.25, 0.3) is 5.91 Å². The summed E-state index contributed by atoms with van der Waals surface area (Å²) >= 11 is 1.57. The molecule has 6 heteroatoms. The highest BCUT2D eigenvalue weighted by Crippen LogP contribution is 2.28. The summed E-state index contributed by atoms with van der Waals surface area (Å²) in [6.45, 7) is 2.55. The summed E-state index contributed by atoms with van der Waals surface area (Å²) in [5, 5.41) is 2.70. The fourth-order valence-corrected chi connectivity index (χ4v) is 4.34. The maximum Gasteiger partial charge on any atom is 0.339 e. The Morgan fingerprint density at radius 2 is 2.07 bits per heavy atom. The van der Waals surface area contributed by atoms with E-state index in [0.29, 0.717) is 5.56 Å². The number of aromatic nitrogens is 1. The van der Waals surface area contributed by atoms with Crippen LogP contribution in [0.25, 0.3) is 21.5 Å². The van der Waals surface area contributed by atoms with E-state index in [4.69, 9.17) is 4.74 Å². The molecule has 1 aliphatic heterocycles. The van der Waals surface area contributed by atoms with E-state index in [0.717, 1.165) is 47.3 Å². The number of likely N-dealkylation sites (tertiary alicyclic amines) is 1. The standard InChI is InChI=1S/C22H22N2O3S/c1-15-7-4-5-11-24(15)21(25)14-27-22(26)17-13-19(20-10-6-12-28-20)23-18-9-3-2-8-16(17)18/h2-3,6,8-10,12-13,15H,4-5,7,11,14H2,1H3/t15-/m1/s1. The number of esters is 1. The molecule has 0 spiro atoms. The molecule has 0 saturated carbocycles. The largest absolute Gasteiger partial charge is 0.452 e. The number of thiophene rings is 1. The van der Waals surface area contributed by atoms with E-state index < -0.39 is 5.97 Å². The molecule has 144 valence electrons. The fourth-order valence-electron chi connectivity index (χ4n) is 3.65. The molecule has 3 heterocycles. The molecule has 0 radical (unpaired) electrons. The number of carbonyl (C=O) groups is 2. The Balaban J connectivity index is 1.57. The van der Waals surface area contributed by atoms with Crippen molar-refractivity contribution in [3.63, 3.8) is 0 Å². The molecule has 1 amide bonds. The number of piperidine rings is 1. The summed E-state index contributed by atoms with van der Waals surface area (Å²) in [6.07, 6.45) is 3.14. The van der Waals surface area contributed by atoms with Gasteiger partial charge in [-0.1, -0.05) is 24.3 Å². The normalized spacial score (nSPS) is 16.9. The highest BCUT2D eigenvalue weighted by Gasteiger charge is 2.24. The number of hydrogen-bond acceptors (Lipinski definition) is 5. The van der Waals surface area contributed by atoms with Crippen LogP contribution in [-0.4, -0.2) is 41.0 Å². The van der Waals surface area contributed by atoms with Gasteiger partial charge in [-0.2, -0.15) is 0 Å². The van der Waals surface area contributed by atoms with Crippen molar-refractivity contribution in [2.75, 3.05) is 13.2 Å². The first-order valence-corrected chi connectivity index (χ1v) is 10.4. The first-order valence-electron chi connectivity index (χ1n) is 9.54. The minimum Gasteiger partial charge on any atom is -0.452 e. The Hall–Kier alpha value is -2.73. The molecule has 1 aliphatic rings. The van der Waals surface area contributed by atoms with E-state index in [1.165, 1.54) is 0 Å². The van der Waals surface area contributed by atoms with Crippen LogP contribution < -0.4 is 0 Å². The van der Waals surface area contributed by atoms with Crippen LogP contribution in [0.15, 0.2) is 47.8 Å². The van der Waals surface area contributed by atoms with Gasteiger partial charge < -0.3 is 9.64 Å². The quantitative estimate of drug-likeness (QED) is 0.611. The molecule has 0 N–H and O–H groups in total. The number of fused-ring (bicyclic) bond motifs is 1. The zero-order chi connectivity index (χ0) is 19.5. The molecule has 0 aliphatic carbocycles. The maximum atomic E-state index is 12.8. The molecule has 1 atom stereocenters. The van der Waals surface area contributed by atoms with Gasteiger partial charge >= 0.3 is 5.97 Å². The number of nitrogens with zero attached hydrogens (tertiary/aromatic N) is 2. The lowest BCUT2D eigenvalue weighted by molar-refractivity contribution is -0.137. The number of pyridine rings is 1. The van der Waals surface area contributed by atoms with Gasteiger partial charge in [0.15, 0.2) is 6.61 Å². The van der Waals surface area contributed by atoms with Crippen LogP contribution in [0.3, 0.4) is 0 Å². The third kappa shape index (κ3) is 3.78. The smallest absolute Gasteiger partial charge is 0.339 e. The van der Waals surface area contributed by atoms with Crippen LogP contribution >= 0.6 is 11.3 Å². The van der Waals surface area contributed by atoms with Crippen LogP contribution in [0.4, 0.5) is 0 Å². The van der Waals surface area contributed by atoms with Gasteiger partial charge in [0.05, 0.1) is 21.7 Å². The van der Waals surface area contributed by atoms with Crippen molar-refractivity contribution in [1.29, 1.82) is 0 Å². The lowest BCUT2D eigenvalue weighted by atomic mass is 10.0. The Morgan fingerprint density at radius 3 is 2.86 bits per heavy atom. The molecule has 5 nitrogen and oxygen atoms in total. The van der Waals surface area contributed by atoms with Crippen molar-refractivity contribution in [2.24, 2.45) is 0 Å². The van der Waals surface area contributed by atoms with Gasteiger partial charge in [-0.05, 0) is 49.8 Å². The zero-order valence-corrected chi connectivity index (χ0v) is 16.6. The van der Waals surface area contributed by atoms with Crippen molar-refractivity contribution in [3.8, 4) is 10.6 Å². The van der Waals surface area contributed by atoms with E-state index >= 15 is 0 Å². The minimum atomic E-state index is -0.491. The van der Waals surface area contributed by atoms with Crippen LogP contribution in [0.1, 0.15) is 36.5 Å². The summed E-state index contributed by atoms with van der Waals surface area (Å²) in [6, 6.07) is 13.4. The minimum absolute atomic E-state index is 0.127. The van der Waals surface area contributed by atoms with Crippen molar-refractivity contribution < 1.29 is 14.3 Å². The van der Waals surface area contributed by atoms with E-state index in [1.807, 2.05) is 53.6 Å². The molecule has 4 rings (SSSR count). The lowest BCUT2D eigenvalue weighted by Crippen LogP contribution is -2.44. The van der Waals surface area contributed by atoms with Gasteiger partial charge in [0, 0.05) is 18.0 Å². The zero-order valence-electron chi connectivity index (χ0n) is 15.8. The number of carbonyl (C=O) groups excluding carboxylic acids is 2. The SMILES string of the molecule is C[C@@H]1CCCCN1C(=O)COC(=O)c1cc(-c2cccs2)nc2ccccc12. The molecular formula is C22H22N2O3S. The average molecular weight is 394 g/mol. The molecule has 2 aromatic heterocycles. The monoisotopic (exact) mass is 394 g/mol. The molecule has 0 bridgehead atoms. The van der Waals surface area contributed by atoms with Crippen molar-refractivity contribution >= 4 is 34.1 Å². The molecule has 1 saturated heterocycles. The van der Waals surface area contributed by atoms with Crippen molar-refractivity contribution in [3.05, 3.63) is 53.4 Å². The van der Waals surface area contributed by atoms with E-state index in [2.05, 4.69) is 4.98 Å². The summed E-state index contributed by atoms with van der Waals surface area (Å²) in [4.78, 5) is 32.8. The first-order chi connectivity index (χ1) is 13.6. The van der Waals surface area contributed by atoms with E-state index in [1.54, 1.807) is 17.4 Å². The Kier molecular flexibility index (Phi) is 5.39. The van der Waals surface area contributed by atoms with Gasteiger partial charge in [0.1, 0.15) is 0 Å². The third-order valence-electron chi connectivity index (χ3n) is 5.16. The predicted octanol–water partition coefficient (Wildman–Crippen LogP) is 4.52. The van der Waals surface area contributed by atoms with Crippen molar-refractivity contribution in [1.82, 2.24) is 9.88 Å². The molecule has 0 unspecified atom stereocenters. The number of ether oxygens (including phenoxy) is 1. The highest BCUT2D eigenvalue weighted by atomic mass is 32.1. The van der Waals surface area contributed by atoms with E-state index in [9.17, 15) is 9.59 Å². The Labute approximate surface area is 168 Å². The predicted molar refractivity (Wildman–Crippen MR) is 110 cm³/mol. The summed E-state index contributed by atoms with van der Waals surface area (Å²) < 4.78 is 5.42. The second-order valence-electron chi connectivity index (χ2n) is 7.06. The second-order valence-corrected chi connectivity index (χ2v) is 8.01. The highest BCUT2D eigenvalue weighted by molar-refractivity contribution is 7.13. The fraction of sp³-hybridized carbons (Fsp3) is 0.318. The second kappa shape index (κ2) is 8.10. The van der Waals surface area contributed by atoms with Gasteiger partial charge in [0.2, 0.25) is 0 Å². The number of benzene rings is 1. The van der Waals surface area contributed by atoms with Crippen molar-refractivity contribution in [2.45, 2.75) is 32.2 Å². The molecule has 1 aromatic carbocycles. The van der Waals surface area contributed by atoms with Gasteiger partial charge in [-0.25, -0.2) is 9.78 Å². The van der Waals surface area contributed by atoms with Crippen LogP contribution in [-0.2, 0) is 9.53 Å². The van der Waals surface area contributed by atoms with Crippen LogP contribution in [0.2, 0.25) is 0 Å². The maximum absolute atomic E-state index is 12.8. The molecule has 1 fully saturated rings. The van der Waals surface area contributed by atoms with Crippen LogP contribution in [0.5, 0.6) is 0 Å². The average Bonchev–Trinajstić information content (AvgIpc) is 3.26. The Bertz CT molecular complexity index is 1000. The number of para-hydroxylation sites is 1. The van der Waals surface area contributed by atoms with Gasteiger partial charge in [-0.3, -0.25) is 4.79 Å². The van der Waals surface area contributed by atoms with E-state index in [-0.39, 0.29) is 18.6 Å². The Morgan fingerprint density at radius 1 is 1.21 bits per heavy atom. The van der Waals surface area contributed by atoms with Crippen LogP contribution in [0, 0.1) is 0 Å². The molecule has 28 heavy (non-hydrogen) atoms. The summed E-state index contributed by atoms with van der Waals surface area (Å²) in [5.41, 5.74) is 1.90. The number of hydrogen-bond donors (Lipinski definition) is 0. The topological polar surface area (TPSA) is 59.5 Å². The summed E-state index contributed by atoms with van der Waals surface area (Å²) in [5.74, 6) is -0.619. The molecule has 3 aromatic rings. The summed E-state index contributed by atoms with van der Waals surface area (Å²) in [7, 11) is 0. The third-order valence-corrected chi connectivity index (χ3v) is 6.05. The first kappa shape index (κ1) is 18.6. The molecular weight excluding hydrogens is 372 g/mol. The van der Waals surface area contributed by atoms with Gasteiger partial charge in [-0.15, -0.1) is 11.3 Å².